The summed E-state index contributed by atoms with van der Waals surface area (Å²) in [5.41, 5.74) is 0.876. The summed E-state index contributed by atoms with van der Waals surface area (Å²) in [7, 11) is 0. The molecule has 1 amide bonds. The number of piperidine rings is 1. The monoisotopic (exact) mass is 440 g/mol. The summed E-state index contributed by atoms with van der Waals surface area (Å²) in [5.74, 6) is -0.918. The zero-order valence-electron chi connectivity index (χ0n) is 15.8. The van der Waals surface area contributed by atoms with Crippen LogP contribution in [0.4, 0.5) is 13.2 Å². The molecule has 0 saturated carbocycles. The number of benzene rings is 1. The van der Waals surface area contributed by atoms with Gasteiger partial charge in [-0.1, -0.05) is 6.92 Å². The van der Waals surface area contributed by atoms with Gasteiger partial charge in [0, 0.05) is 17.6 Å². The van der Waals surface area contributed by atoms with Gasteiger partial charge < -0.3 is 15.2 Å². The third kappa shape index (κ3) is 4.90. The van der Waals surface area contributed by atoms with Gasteiger partial charge in [-0.3, -0.25) is 4.79 Å². The lowest BCUT2D eigenvalue weighted by molar-refractivity contribution is -0.147. The molecule has 0 spiro atoms. The van der Waals surface area contributed by atoms with Crippen molar-refractivity contribution in [3.63, 3.8) is 0 Å². The van der Waals surface area contributed by atoms with Gasteiger partial charge in [-0.05, 0) is 57.5 Å². The molecular formula is C18H25Cl2F3N4O. The molecule has 1 aromatic carbocycles. The highest BCUT2D eigenvalue weighted by Crippen LogP contribution is 2.34. The molecule has 1 aromatic heterocycles. The fraction of sp³-hybridized carbons (Fsp3) is 0.556. The van der Waals surface area contributed by atoms with Crippen molar-refractivity contribution in [1.29, 1.82) is 0 Å². The van der Waals surface area contributed by atoms with Gasteiger partial charge in [-0.2, -0.15) is 13.2 Å². The maximum absolute atomic E-state index is 13.3. The van der Waals surface area contributed by atoms with Crippen LogP contribution in [0.2, 0.25) is 0 Å². The molecule has 5 nitrogen and oxygen atoms in total. The first kappa shape index (κ1) is 24.5. The number of hydrogen-bond donors (Lipinski definition) is 2. The minimum atomic E-state index is -4.55. The summed E-state index contributed by atoms with van der Waals surface area (Å²) in [6, 6.07) is 4.19. The fourth-order valence-corrected chi connectivity index (χ4v) is 3.44. The van der Waals surface area contributed by atoms with E-state index in [0.29, 0.717) is 17.0 Å². The Morgan fingerprint density at radius 3 is 2.57 bits per heavy atom. The number of rotatable bonds is 3. The molecular weight excluding hydrogens is 416 g/mol. The number of alkyl halides is 3. The summed E-state index contributed by atoms with van der Waals surface area (Å²) in [6.07, 6.45) is -3.72. The van der Waals surface area contributed by atoms with Crippen LogP contribution in [0.25, 0.3) is 11.0 Å². The normalized spacial score (nSPS) is 19.8. The zero-order valence-corrected chi connectivity index (χ0v) is 17.5. The largest absolute Gasteiger partial charge is 0.449 e. The number of carbonyl (C=O) groups excluding carboxylic acids is 1. The van der Waals surface area contributed by atoms with E-state index in [0.717, 1.165) is 24.1 Å². The molecule has 158 valence electrons. The second-order valence-corrected chi connectivity index (χ2v) is 7.15. The predicted molar refractivity (Wildman–Crippen MR) is 108 cm³/mol. The number of hydrogen-bond acceptors (Lipinski definition) is 3. The molecule has 0 bridgehead atoms. The summed E-state index contributed by atoms with van der Waals surface area (Å²) in [4.78, 5) is 16.3. The molecule has 2 atom stereocenters. The van der Waals surface area contributed by atoms with E-state index in [2.05, 4.69) is 22.5 Å². The summed E-state index contributed by atoms with van der Waals surface area (Å²) < 4.78 is 41.0. The van der Waals surface area contributed by atoms with Gasteiger partial charge in [0.1, 0.15) is 0 Å². The lowest BCUT2D eigenvalue weighted by Crippen LogP contribution is -2.48. The van der Waals surface area contributed by atoms with Gasteiger partial charge in [-0.15, -0.1) is 24.8 Å². The Morgan fingerprint density at radius 1 is 1.32 bits per heavy atom. The van der Waals surface area contributed by atoms with Crippen molar-refractivity contribution in [2.75, 3.05) is 13.1 Å². The van der Waals surface area contributed by atoms with Crippen molar-refractivity contribution >= 4 is 41.8 Å². The van der Waals surface area contributed by atoms with E-state index in [1.807, 2.05) is 0 Å². The van der Waals surface area contributed by atoms with Crippen molar-refractivity contribution in [2.45, 2.75) is 45.5 Å². The highest BCUT2D eigenvalue weighted by molar-refractivity contribution is 5.97. The van der Waals surface area contributed by atoms with Crippen molar-refractivity contribution in [1.82, 2.24) is 20.2 Å². The number of nitrogens with one attached hydrogen (secondary N) is 2. The van der Waals surface area contributed by atoms with E-state index in [4.69, 9.17) is 0 Å². The van der Waals surface area contributed by atoms with E-state index in [-0.39, 0.29) is 42.3 Å². The molecule has 2 aromatic rings. The molecule has 1 saturated heterocycles. The highest BCUT2D eigenvalue weighted by Gasteiger charge is 2.38. The van der Waals surface area contributed by atoms with Crippen molar-refractivity contribution in [3.8, 4) is 0 Å². The van der Waals surface area contributed by atoms with Crippen LogP contribution in [0.5, 0.6) is 0 Å². The molecule has 2 N–H and O–H groups in total. The molecule has 1 aliphatic heterocycles. The topological polar surface area (TPSA) is 58.9 Å². The molecule has 28 heavy (non-hydrogen) atoms. The average Bonchev–Trinajstić information content (AvgIpc) is 2.96. The van der Waals surface area contributed by atoms with Gasteiger partial charge in [0.05, 0.1) is 11.0 Å². The van der Waals surface area contributed by atoms with E-state index >= 15 is 0 Å². The quantitative estimate of drug-likeness (QED) is 0.751. The predicted octanol–water partition coefficient (Wildman–Crippen LogP) is 4.21. The molecule has 2 heterocycles. The Bertz CT molecular complexity index is 823. The first-order valence-electron chi connectivity index (χ1n) is 8.79. The number of imidazole rings is 1. The van der Waals surface area contributed by atoms with Crippen LogP contribution in [-0.4, -0.2) is 34.6 Å². The lowest BCUT2D eigenvalue weighted by Gasteiger charge is -2.30. The Hall–Kier alpha value is -1.51. The third-order valence-corrected chi connectivity index (χ3v) is 4.82. The van der Waals surface area contributed by atoms with E-state index < -0.39 is 18.0 Å². The summed E-state index contributed by atoms with van der Waals surface area (Å²) >= 11 is 0. The second kappa shape index (κ2) is 9.33. The van der Waals surface area contributed by atoms with Crippen LogP contribution in [0, 0.1) is 5.92 Å². The summed E-state index contributed by atoms with van der Waals surface area (Å²) in [5, 5.41) is 6.25. The Kier molecular flexibility index (Phi) is 8.17. The third-order valence-electron chi connectivity index (χ3n) is 4.82. The Morgan fingerprint density at radius 2 is 2.00 bits per heavy atom. The van der Waals surface area contributed by atoms with Crippen molar-refractivity contribution in [2.24, 2.45) is 5.92 Å². The van der Waals surface area contributed by atoms with E-state index in [1.54, 1.807) is 26.0 Å². The molecule has 0 aliphatic carbocycles. The smallest absolute Gasteiger partial charge is 0.349 e. The number of amides is 1. The second-order valence-electron chi connectivity index (χ2n) is 7.15. The fourth-order valence-electron chi connectivity index (χ4n) is 3.44. The van der Waals surface area contributed by atoms with Crippen molar-refractivity contribution in [3.05, 3.63) is 29.6 Å². The number of aromatic nitrogens is 2. The maximum atomic E-state index is 13.3. The van der Waals surface area contributed by atoms with Crippen molar-refractivity contribution < 1.29 is 18.0 Å². The molecule has 0 radical (unpaired) electrons. The summed E-state index contributed by atoms with van der Waals surface area (Å²) in [6.45, 7) is 7.07. The SMILES string of the molecule is CC1CNCCC1NC(=O)c1ccc2c(c1)nc(C(F)(F)F)n2C(C)C.Cl.Cl. The number of fused-ring (bicyclic) bond motifs is 1. The van der Waals surface area contributed by atoms with Gasteiger partial charge in [-0.25, -0.2) is 4.98 Å². The van der Waals surface area contributed by atoms with E-state index in [9.17, 15) is 18.0 Å². The standard InChI is InChI=1S/C18H23F3N4O.2ClH/c1-10(2)25-15-5-4-12(8-14(15)24-17(25)18(19,20)21)16(26)23-13-6-7-22-9-11(13)3;;/h4-5,8,10-11,13,22H,6-7,9H2,1-3H3,(H,23,26);2*1H. The highest BCUT2D eigenvalue weighted by atomic mass is 35.5. The van der Waals surface area contributed by atoms with Gasteiger partial charge in [0.15, 0.2) is 0 Å². The van der Waals surface area contributed by atoms with Gasteiger partial charge in [0.2, 0.25) is 5.82 Å². The zero-order chi connectivity index (χ0) is 19.1. The minimum absolute atomic E-state index is 0. The Balaban J connectivity index is 0.00000196. The first-order chi connectivity index (χ1) is 12.2. The van der Waals surface area contributed by atoms with Crippen LogP contribution in [0.3, 0.4) is 0 Å². The molecule has 3 rings (SSSR count). The number of nitrogens with zero attached hydrogens (tertiary/aromatic N) is 2. The average molecular weight is 441 g/mol. The minimum Gasteiger partial charge on any atom is -0.349 e. The molecule has 10 heteroatoms. The number of carbonyl (C=O) groups is 1. The van der Waals surface area contributed by atoms with Crippen LogP contribution >= 0.6 is 24.8 Å². The van der Waals surface area contributed by atoms with E-state index in [1.165, 1.54) is 6.07 Å². The molecule has 2 unspecified atom stereocenters. The lowest BCUT2D eigenvalue weighted by atomic mass is 9.95. The first-order valence-corrected chi connectivity index (χ1v) is 8.79. The van der Waals surface area contributed by atoms with Gasteiger partial charge in [0.25, 0.3) is 5.91 Å². The van der Waals surface area contributed by atoms with Crippen LogP contribution < -0.4 is 10.6 Å². The van der Waals surface area contributed by atoms with Crippen LogP contribution in [0.1, 0.15) is 49.4 Å². The number of halogens is 5. The molecule has 1 aliphatic rings. The Labute approximate surface area is 174 Å². The maximum Gasteiger partial charge on any atom is 0.449 e. The van der Waals surface area contributed by atoms with Gasteiger partial charge >= 0.3 is 6.18 Å². The van der Waals surface area contributed by atoms with Crippen LogP contribution in [0.15, 0.2) is 18.2 Å². The van der Waals surface area contributed by atoms with Crippen LogP contribution in [-0.2, 0) is 6.18 Å². The molecule has 1 fully saturated rings.